The van der Waals surface area contributed by atoms with Crippen LogP contribution in [-0.2, 0) is 0 Å². The van der Waals surface area contributed by atoms with E-state index in [2.05, 4.69) is 12.2 Å². The van der Waals surface area contributed by atoms with Crippen molar-refractivity contribution in [3.8, 4) is 0 Å². The second-order valence-electron chi connectivity index (χ2n) is 4.63. The number of hydrogen-bond acceptors (Lipinski definition) is 2. The number of rotatable bonds is 6. The highest BCUT2D eigenvalue weighted by Gasteiger charge is 2.29. The standard InChI is InChI=1S/C14H19F3N2OS/c1-3-4-5-9-19(2)13(20)18-11-7-6-8-12(10-11)21-14(15,16)17/h6-8,10H,3-5,9H2,1-2H3,(H,18,20). The van der Waals surface area contributed by atoms with Crippen LogP contribution in [0.15, 0.2) is 29.2 Å². The summed E-state index contributed by atoms with van der Waals surface area (Å²) in [6, 6.07) is 5.41. The molecule has 7 heteroatoms. The molecule has 0 radical (unpaired) electrons. The molecule has 118 valence electrons. The lowest BCUT2D eigenvalue weighted by molar-refractivity contribution is -0.0328. The van der Waals surface area contributed by atoms with Crippen molar-refractivity contribution >= 4 is 23.5 Å². The van der Waals surface area contributed by atoms with Crippen LogP contribution in [0.25, 0.3) is 0 Å². The van der Waals surface area contributed by atoms with E-state index in [1.165, 1.54) is 23.1 Å². The summed E-state index contributed by atoms with van der Waals surface area (Å²) in [5.41, 5.74) is -3.98. The number of thioether (sulfide) groups is 1. The van der Waals surface area contributed by atoms with Crippen LogP contribution in [0.3, 0.4) is 0 Å². The number of unbranched alkanes of at least 4 members (excludes halogenated alkanes) is 2. The van der Waals surface area contributed by atoms with Gasteiger partial charge in [0.25, 0.3) is 0 Å². The minimum atomic E-state index is -4.33. The molecule has 21 heavy (non-hydrogen) atoms. The van der Waals surface area contributed by atoms with Crippen molar-refractivity contribution in [3.63, 3.8) is 0 Å². The molecule has 0 unspecified atom stereocenters. The van der Waals surface area contributed by atoms with E-state index in [0.29, 0.717) is 12.2 Å². The highest BCUT2D eigenvalue weighted by molar-refractivity contribution is 8.00. The molecular weight excluding hydrogens is 301 g/mol. The lowest BCUT2D eigenvalue weighted by atomic mass is 10.2. The van der Waals surface area contributed by atoms with E-state index in [1.807, 2.05) is 0 Å². The number of benzene rings is 1. The first-order chi connectivity index (χ1) is 9.81. The van der Waals surface area contributed by atoms with Gasteiger partial charge in [-0.1, -0.05) is 25.8 Å². The molecule has 0 atom stereocenters. The van der Waals surface area contributed by atoms with Crippen molar-refractivity contribution < 1.29 is 18.0 Å². The Labute approximate surface area is 126 Å². The molecule has 0 saturated heterocycles. The molecule has 0 fully saturated rings. The molecule has 0 aromatic heterocycles. The van der Waals surface area contributed by atoms with E-state index in [-0.39, 0.29) is 22.7 Å². The molecule has 1 N–H and O–H groups in total. The maximum atomic E-state index is 12.3. The summed E-state index contributed by atoms with van der Waals surface area (Å²) in [4.78, 5) is 13.5. The molecule has 0 aliphatic carbocycles. The van der Waals surface area contributed by atoms with Crippen LogP contribution >= 0.6 is 11.8 Å². The third kappa shape index (κ3) is 7.27. The number of alkyl halides is 3. The predicted octanol–water partition coefficient (Wildman–Crippen LogP) is 4.95. The van der Waals surface area contributed by atoms with Crippen molar-refractivity contribution in [3.05, 3.63) is 24.3 Å². The lowest BCUT2D eigenvalue weighted by Crippen LogP contribution is -2.32. The molecule has 0 aliphatic rings. The monoisotopic (exact) mass is 320 g/mol. The van der Waals surface area contributed by atoms with Gasteiger partial charge >= 0.3 is 11.5 Å². The normalized spacial score (nSPS) is 11.3. The maximum Gasteiger partial charge on any atom is 0.446 e. The number of hydrogen-bond donors (Lipinski definition) is 1. The van der Waals surface area contributed by atoms with E-state index in [0.717, 1.165) is 19.3 Å². The van der Waals surface area contributed by atoms with Crippen molar-refractivity contribution in [1.29, 1.82) is 0 Å². The Kier molecular flexibility index (Phi) is 6.87. The van der Waals surface area contributed by atoms with Crippen LogP contribution in [0.5, 0.6) is 0 Å². The van der Waals surface area contributed by atoms with Gasteiger partial charge in [-0.2, -0.15) is 13.2 Å². The second-order valence-corrected chi connectivity index (χ2v) is 5.77. The number of carbonyl (C=O) groups is 1. The maximum absolute atomic E-state index is 12.3. The average Bonchev–Trinajstić information content (AvgIpc) is 2.37. The van der Waals surface area contributed by atoms with Gasteiger partial charge in [0.1, 0.15) is 0 Å². The molecule has 1 rings (SSSR count). The first-order valence-corrected chi connectivity index (χ1v) is 7.51. The quantitative estimate of drug-likeness (QED) is 0.594. The number of anilines is 1. The summed E-state index contributed by atoms with van der Waals surface area (Å²) >= 11 is -0.198. The Bertz CT molecular complexity index is 466. The van der Waals surface area contributed by atoms with Crippen LogP contribution in [0.4, 0.5) is 23.7 Å². The van der Waals surface area contributed by atoms with E-state index in [1.54, 1.807) is 13.1 Å². The SMILES string of the molecule is CCCCCN(C)C(=O)Nc1cccc(SC(F)(F)F)c1. The van der Waals surface area contributed by atoms with Gasteiger partial charge in [-0.25, -0.2) is 4.79 Å². The summed E-state index contributed by atoms with van der Waals surface area (Å²) in [5.74, 6) is 0. The van der Waals surface area contributed by atoms with E-state index in [9.17, 15) is 18.0 Å². The Morgan fingerprint density at radius 2 is 2.05 bits per heavy atom. The molecule has 0 heterocycles. The Balaban J connectivity index is 2.58. The summed E-state index contributed by atoms with van der Waals surface area (Å²) in [6.07, 6.45) is 3.01. The molecule has 0 saturated carbocycles. The zero-order chi connectivity index (χ0) is 15.9. The van der Waals surface area contributed by atoms with Gasteiger partial charge in [0.05, 0.1) is 0 Å². The number of halogens is 3. The first-order valence-electron chi connectivity index (χ1n) is 6.69. The number of nitrogens with one attached hydrogen (secondary N) is 1. The lowest BCUT2D eigenvalue weighted by Gasteiger charge is -2.18. The van der Waals surface area contributed by atoms with Crippen LogP contribution in [-0.4, -0.2) is 30.0 Å². The zero-order valence-corrected chi connectivity index (χ0v) is 12.9. The number of urea groups is 1. The van der Waals surface area contributed by atoms with Crippen LogP contribution in [0, 0.1) is 0 Å². The van der Waals surface area contributed by atoms with Crippen LogP contribution in [0.2, 0.25) is 0 Å². The minimum Gasteiger partial charge on any atom is -0.328 e. The van der Waals surface area contributed by atoms with E-state index >= 15 is 0 Å². The van der Waals surface area contributed by atoms with Gasteiger partial charge in [0.15, 0.2) is 0 Å². The molecule has 3 nitrogen and oxygen atoms in total. The molecule has 0 spiro atoms. The van der Waals surface area contributed by atoms with Gasteiger partial charge in [-0.05, 0) is 36.4 Å². The summed E-state index contributed by atoms with van der Waals surface area (Å²) in [6.45, 7) is 2.69. The number of nitrogens with zero attached hydrogens (tertiary/aromatic N) is 1. The fraction of sp³-hybridized carbons (Fsp3) is 0.500. The number of amides is 2. The Hall–Kier alpha value is -1.37. The van der Waals surface area contributed by atoms with Gasteiger partial charge in [0.2, 0.25) is 0 Å². The molecule has 0 bridgehead atoms. The number of carbonyl (C=O) groups excluding carboxylic acids is 1. The van der Waals surface area contributed by atoms with Gasteiger partial charge < -0.3 is 10.2 Å². The van der Waals surface area contributed by atoms with Gasteiger partial charge in [-0.3, -0.25) is 0 Å². The van der Waals surface area contributed by atoms with Crippen LogP contribution < -0.4 is 5.32 Å². The highest BCUT2D eigenvalue weighted by Crippen LogP contribution is 2.37. The van der Waals surface area contributed by atoms with E-state index in [4.69, 9.17) is 0 Å². The van der Waals surface area contributed by atoms with Gasteiger partial charge in [0, 0.05) is 24.2 Å². The summed E-state index contributed by atoms with van der Waals surface area (Å²) in [7, 11) is 1.67. The predicted molar refractivity (Wildman–Crippen MR) is 79.5 cm³/mol. The zero-order valence-electron chi connectivity index (χ0n) is 12.0. The highest BCUT2D eigenvalue weighted by atomic mass is 32.2. The topological polar surface area (TPSA) is 32.3 Å². The second kappa shape index (κ2) is 8.17. The fourth-order valence-corrected chi connectivity index (χ4v) is 2.29. The van der Waals surface area contributed by atoms with Crippen molar-refractivity contribution in [2.45, 2.75) is 36.6 Å². The minimum absolute atomic E-state index is 0.0499. The smallest absolute Gasteiger partial charge is 0.328 e. The third-order valence-electron chi connectivity index (χ3n) is 2.76. The molecular formula is C14H19F3N2OS. The molecule has 1 aromatic carbocycles. The molecule has 2 amide bonds. The van der Waals surface area contributed by atoms with Crippen molar-refractivity contribution in [2.75, 3.05) is 18.9 Å². The van der Waals surface area contributed by atoms with Crippen molar-refractivity contribution in [1.82, 2.24) is 4.90 Å². The van der Waals surface area contributed by atoms with E-state index < -0.39 is 5.51 Å². The first kappa shape index (κ1) is 17.7. The Morgan fingerprint density at radius 1 is 1.33 bits per heavy atom. The fourth-order valence-electron chi connectivity index (χ4n) is 1.69. The van der Waals surface area contributed by atoms with Crippen molar-refractivity contribution in [2.24, 2.45) is 0 Å². The van der Waals surface area contributed by atoms with Gasteiger partial charge in [-0.15, -0.1) is 0 Å². The molecule has 0 aliphatic heterocycles. The summed E-state index contributed by atoms with van der Waals surface area (Å²) in [5, 5.41) is 2.60. The third-order valence-corrected chi connectivity index (χ3v) is 3.48. The Morgan fingerprint density at radius 3 is 2.67 bits per heavy atom. The summed E-state index contributed by atoms with van der Waals surface area (Å²) < 4.78 is 36.9. The average molecular weight is 320 g/mol. The molecule has 1 aromatic rings. The van der Waals surface area contributed by atoms with Crippen LogP contribution in [0.1, 0.15) is 26.2 Å². The largest absolute Gasteiger partial charge is 0.446 e.